The molecule has 1 aliphatic heterocycles. The number of hydrogen-bond donors (Lipinski definition) is 1. The Morgan fingerprint density at radius 1 is 1.42 bits per heavy atom. The molecule has 3 aliphatic rings. The van der Waals surface area contributed by atoms with Gasteiger partial charge in [0.1, 0.15) is 12.4 Å². The monoisotopic (exact) mass is 262 g/mol. The number of hydrogen-bond acceptors (Lipinski definition) is 4. The summed E-state index contributed by atoms with van der Waals surface area (Å²) in [5.41, 5.74) is 0.649. The van der Waals surface area contributed by atoms with Gasteiger partial charge >= 0.3 is 5.97 Å². The molecular formula is C15H18O4. The van der Waals surface area contributed by atoms with Crippen LogP contribution >= 0.6 is 0 Å². The van der Waals surface area contributed by atoms with E-state index in [9.17, 15) is 14.7 Å². The number of esters is 1. The Hall–Kier alpha value is -1.42. The minimum atomic E-state index is -0.475. The molecule has 3 rings (SSSR count). The number of carbonyl (C=O) groups is 2. The number of carbonyl (C=O) groups excluding carboxylic acids is 2. The normalized spacial score (nSPS) is 36.1. The van der Waals surface area contributed by atoms with Gasteiger partial charge in [0.2, 0.25) is 0 Å². The molecule has 0 saturated heterocycles. The highest BCUT2D eigenvalue weighted by molar-refractivity contribution is 5.94. The average Bonchev–Trinajstić information content (AvgIpc) is 2.57. The fourth-order valence-corrected chi connectivity index (χ4v) is 3.63. The largest absolute Gasteiger partial charge is 0.461 e. The zero-order valence-electron chi connectivity index (χ0n) is 11.2. The van der Waals surface area contributed by atoms with Crippen LogP contribution in [0, 0.1) is 16.7 Å². The van der Waals surface area contributed by atoms with E-state index < -0.39 is 11.4 Å². The topological polar surface area (TPSA) is 63.6 Å². The highest BCUT2D eigenvalue weighted by atomic mass is 16.5. The first-order chi connectivity index (χ1) is 8.89. The lowest BCUT2D eigenvalue weighted by Crippen LogP contribution is -2.47. The quantitative estimate of drug-likeness (QED) is 0.764. The molecule has 4 nitrogen and oxygen atoms in total. The highest BCUT2D eigenvalue weighted by Gasteiger charge is 2.56. The van der Waals surface area contributed by atoms with Crippen LogP contribution in [0.4, 0.5) is 0 Å². The van der Waals surface area contributed by atoms with Gasteiger partial charge in [-0.15, -0.1) is 0 Å². The summed E-state index contributed by atoms with van der Waals surface area (Å²) in [5.74, 6) is -0.346. The lowest BCUT2D eigenvalue weighted by Gasteiger charge is -2.45. The number of Topliss-reactive ketones (excluding diaryl/α,β-unsaturated/α-hetero) is 1. The summed E-state index contributed by atoms with van der Waals surface area (Å²) in [4.78, 5) is 23.9. The van der Waals surface area contributed by atoms with Gasteiger partial charge in [-0.05, 0) is 17.4 Å². The van der Waals surface area contributed by atoms with Gasteiger partial charge in [-0.1, -0.05) is 26.0 Å². The first kappa shape index (κ1) is 12.6. The average molecular weight is 262 g/mol. The summed E-state index contributed by atoms with van der Waals surface area (Å²) in [6.07, 6.45) is 5.18. The minimum Gasteiger partial charge on any atom is -0.461 e. The number of cyclic esters (lactones) is 1. The Balaban J connectivity index is 2.02. The molecule has 2 aliphatic carbocycles. The summed E-state index contributed by atoms with van der Waals surface area (Å²) < 4.78 is 5.19. The van der Waals surface area contributed by atoms with Crippen molar-refractivity contribution < 1.29 is 19.4 Å². The predicted octanol–water partition coefficient (Wildman–Crippen LogP) is 1.39. The molecule has 0 unspecified atom stereocenters. The van der Waals surface area contributed by atoms with Crippen LogP contribution in [0.15, 0.2) is 23.3 Å². The summed E-state index contributed by atoms with van der Waals surface area (Å²) in [5, 5.41) is 9.33. The van der Waals surface area contributed by atoms with E-state index in [1.54, 1.807) is 0 Å². The summed E-state index contributed by atoms with van der Waals surface area (Å²) in [6.45, 7) is 4.09. The second-order valence-electron chi connectivity index (χ2n) is 6.56. The van der Waals surface area contributed by atoms with Crippen molar-refractivity contribution in [3.05, 3.63) is 23.3 Å². The lowest BCUT2D eigenvalue weighted by atomic mass is 9.60. The van der Waals surface area contributed by atoms with Crippen molar-refractivity contribution in [3.8, 4) is 0 Å². The standard InChI is InChI=1S/C15H18O4/c1-14(2)5-11(12(17)6-14)15-4-3-10(15)9(7-16)13(18)19-8-15/h3-4,11,16H,5-8H2,1-2H3/t11-,15+/m0/s1. The van der Waals surface area contributed by atoms with E-state index >= 15 is 0 Å². The van der Waals surface area contributed by atoms with Crippen molar-refractivity contribution in [2.24, 2.45) is 16.7 Å². The number of aliphatic hydroxyl groups is 1. The zero-order chi connectivity index (χ0) is 13.8. The van der Waals surface area contributed by atoms with Gasteiger partial charge < -0.3 is 9.84 Å². The third-order valence-corrected chi connectivity index (χ3v) is 4.64. The summed E-state index contributed by atoms with van der Waals surface area (Å²) >= 11 is 0. The van der Waals surface area contributed by atoms with Gasteiger partial charge in [0.05, 0.1) is 17.6 Å². The number of aliphatic hydroxyl groups excluding tert-OH is 1. The van der Waals surface area contributed by atoms with Crippen molar-refractivity contribution >= 4 is 11.8 Å². The minimum absolute atomic E-state index is 0.00583. The SMILES string of the molecule is CC1(C)CC(=O)[C@@H]([C@@]23C=CC2=C(CO)C(=O)OC3)C1. The molecule has 0 aromatic carbocycles. The number of ketones is 1. The van der Waals surface area contributed by atoms with Gasteiger partial charge in [0.25, 0.3) is 0 Å². The van der Waals surface area contributed by atoms with Crippen LogP contribution in [-0.2, 0) is 14.3 Å². The molecule has 1 fully saturated rings. The molecule has 0 aromatic heterocycles. The molecule has 1 saturated carbocycles. The van der Waals surface area contributed by atoms with E-state index in [0.717, 1.165) is 12.0 Å². The molecule has 19 heavy (non-hydrogen) atoms. The van der Waals surface area contributed by atoms with Crippen molar-refractivity contribution in [2.75, 3.05) is 13.2 Å². The Morgan fingerprint density at radius 3 is 2.63 bits per heavy atom. The van der Waals surface area contributed by atoms with Gasteiger partial charge in [0.15, 0.2) is 0 Å². The number of allylic oxidation sites excluding steroid dienone is 1. The van der Waals surface area contributed by atoms with Gasteiger partial charge in [0, 0.05) is 12.3 Å². The smallest absolute Gasteiger partial charge is 0.336 e. The fourth-order valence-electron chi connectivity index (χ4n) is 3.63. The summed E-state index contributed by atoms with van der Waals surface area (Å²) in [6, 6.07) is 0. The molecule has 2 atom stereocenters. The molecule has 0 radical (unpaired) electrons. The van der Waals surface area contributed by atoms with E-state index in [1.807, 2.05) is 12.2 Å². The first-order valence-corrected chi connectivity index (χ1v) is 6.63. The molecular weight excluding hydrogens is 244 g/mol. The third kappa shape index (κ3) is 1.62. The van der Waals surface area contributed by atoms with E-state index in [2.05, 4.69) is 13.8 Å². The van der Waals surface area contributed by atoms with E-state index in [4.69, 9.17) is 4.74 Å². The Morgan fingerprint density at radius 2 is 2.16 bits per heavy atom. The van der Waals surface area contributed by atoms with Crippen molar-refractivity contribution in [2.45, 2.75) is 26.7 Å². The molecule has 1 N–H and O–H groups in total. The zero-order valence-corrected chi connectivity index (χ0v) is 11.2. The predicted molar refractivity (Wildman–Crippen MR) is 68.2 cm³/mol. The highest BCUT2D eigenvalue weighted by Crippen LogP contribution is 2.56. The number of rotatable bonds is 2. The maximum absolute atomic E-state index is 12.3. The lowest BCUT2D eigenvalue weighted by molar-refractivity contribution is -0.146. The van der Waals surface area contributed by atoms with Crippen LogP contribution in [0.25, 0.3) is 0 Å². The maximum Gasteiger partial charge on any atom is 0.336 e. The van der Waals surface area contributed by atoms with Crippen molar-refractivity contribution in [3.63, 3.8) is 0 Å². The van der Waals surface area contributed by atoms with E-state index in [-0.39, 0.29) is 30.3 Å². The Labute approximate surface area is 112 Å². The molecule has 0 aromatic rings. The molecule has 0 amide bonds. The second kappa shape index (κ2) is 3.79. The van der Waals surface area contributed by atoms with Crippen LogP contribution in [0.3, 0.4) is 0 Å². The van der Waals surface area contributed by atoms with E-state index in [1.165, 1.54) is 0 Å². The van der Waals surface area contributed by atoms with Crippen LogP contribution in [0.1, 0.15) is 26.7 Å². The van der Waals surface area contributed by atoms with Crippen molar-refractivity contribution in [1.82, 2.24) is 0 Å². The molecule has 4 heteroatoms. The third-order valence-electron chi connectivity index (χ3n) is 4.64. The first-order valence-electron chi connectivity index (χ1n) is 6.63. The fraction of sp³-hybridized carbons (Fsp3) is 0.600. The maximum atomic E-state index is 12.3. The summed E-state index contributed by atoms with van der Waals surface area (Å²) in [7, 11) is 0. The van der Waals surface area contributed by atoms with Crippen LogP contribution in [-0.4, -0.2) is 30.1 Å². The Bertz CT molecular complexity index is 526. The van der Waals surface area contributed by atoms with Gasteiger partial charge in [-0.3, -0.25) is 4.79 Å². The van der Waals surface area contributed by atoms with Crippen molar-refractivity contribution in [1.29, 1.82) is 0 Å². The number of fused-ring (bicyclic) bond motifs is 1. The molecule has 0 bridgehead atoms. The molecule has 102 valence electrons. The van der Waals surface area contributed by atoms with Crippen LogP contribution in [0.2, 0.25) is 0 Å². The Kier molecular flexibility index (Phi) is 2.52. The molecule has 0 spiro atoms. The van der Waals surface area contributed by atoms with Crippen LogP contribution in [0.5, 0.6) is 0 Å². The second-order valence-corrected chi connectivity index (χ2v) is 6.56. The van der Waals surface area contributed by atoms with Gasteiger partial charge in [-0.25, -0.2) is 4.79 Å². The number of ether oxygens (including phenoxy) is 1. The van der Waals surface area contributed by atoms with E-state index in [0.29, 0.717) is 12.0 Å². The molecule has 1 heterocycles. The van der Waals surface area contributed by atoms with Crippen LogP contribution < -0.4 is 0 Å². The van der Waals surface area contributed by atoms with Gasteiger partial charge in [-0.2, -0.15) is 0 Å².